The number of hydrogen-bond donors (Lipinski definition) is 1. The smallest absolute Gasteiger partial charge is 0.0337 e. The van der Waals surface area contributed by atoms with Gasteiger partial charge in [0.1, 0.15) is 0 Å². The summed E-state index contributed by atoms with van der Waals surface area (Å²) in [5.41, 5.74) is 2.10. The molecule has 0 aromatic heterocycles. The third kappa shape index (κ3) is 1.97. The molecule has 0 unspecified atom stereocenters. The summed E-state index contributed by atoms with van der Waals surface area (Å²) >= 11 is 5.59. The van der Waals surface area contributed by atoms with E-state index in [1.165, 1.54) is 38.8 Å². The van der Waals surface area contributed by atoms with Crippen LogP contribution in [0.2, 0.25) is 0 Å². The summed E-state index contributed by atoms with van der Waals surface area (Å²) < 4.78 is 0. The topological polar surface area (TPSA) is 15.3 Å². The predicted octanol–water partition coefficient (Wildman–Crippen LogP) is 1.96. The highest BCUT2D eigenvalue weighted by Crippen LogP contribution is 2.35. The van der Waals surface area contributed by atoms with Crippen molar-refractivity contribution in [1.29, 1.82) is 0 Å². The Hall–Kier alpha value is -0.0500. The van der Waals surface area contributed by atoms with Crippen molar-refractivity contribution in [3.63, 3.8) is 0 Å². The van der Waals surface area contributed by atoms with E-state index in [1.54, 1.807) is 5.54 Å². The summed E-state index contributed by atoms with van der Waals surface area (Å²) in [7, 11) is 0. The van der Waals surface area contributed by atoms with Gasteiger partial charge in [-0.1, -0.05) is 30.5 Å². The van der Waals surface area contributed by atoms with E-state index in [9.17, 15) is 0 Å². The van der Waals surface area contributed by atoms with Gasteiger partial charge in [-0.25, -0.2) is 0 Å². The SMILES string of the molecule is Cl/C=C/CN1CCNCC12CCCC2. The largest absolute Gasteiger partial charge is 0.314 e. The number of halogens is 1. The summed E-state index contributed by atoms with van der Waals surface area (Å²) in [4.78, 5) is 2.61. The molecule has 0 aromatic carbocycles. The second-order valence-electron chi connectivity index (χ2n) is 4.42. The number of nitrogens with zero attached hydrogens (tertiary/aromatic N) is 1. The molecule has 14 heavy (non-hydrogen) atoms. The lowest BCUT2D eigenvalue weighted by Crippen LogP contribution is -2.59. The molecular formula is C11H19ClN2. The Labute approximate surface area is 91.3 Å². The van der Waals surface area contributed by atoms with E-state index in [4.69, 9.17) is 11.6 Å². The van der Waals surface area contributed by atoms with Gasteiger partial charge in [0.25, 0.3) is 0 Å². The molecule has 0 amide bonds. The molecule has 3 heteroatoms. The van der Waals surface area contributed by atoms with Gasteiger partial charge in [0.2, 0.25) is 0 Å². The van der Waals surface area contributed by atoms with Crippen molar-refractivity contribution in [2.75, 3.05) is 26.2 Å². The van der Waals surface area contributed by atoms with Gasteiger partial charge < -0.3 is 5.32 Å². The number of nitrogens with one attached hydrogen (secondary N) is 1. The highest BCUT2D eigenvalue weighted by Gasteiger charge is 2.40. The van der Waals surface area contributed by atoms with Gasteiger partial charge in [-0.3, -0.25) is 4.90 Å². The van der Waals surface area contributed by atoms with E-state index in [0.717, 1.165) is 13.1 Å². The Morgan fingerprint density at radius 1 is 1.36 bits per heavy atom. The molecule has 2 fully saturated rings. The van der Waals surface area contributed by atoms with Crippen LogP contribution < -0.4 is 5.32 Å². The van der Waals surface area contributed by atoms with E-state index in [-0.39, 0.29) is 0 Å². The van der Waals surface area contributed by atoms with Gasteiger partial charge in [0.15, 0.2) is 0 Å². The van der Waals surface area contributed by atoms with Crippen LogP contribution in [0.4, 0.5) is 0 Å². The zero-order valence-corrected chi connectivity index (χ0v) is 9.39. The first-order valence-corrected chi connectivity index (χ1v) is 6.02. The fourth-order valence-corrected chi connectivity index (χ4v) is 2.94. The maximum atomic E-state index is 5.59. The number of hydrogen-bond acceptors (Lipinski definition) is 2. The maximum absolute atomic E-state index is 5.59. The van der Waals surface area contributed by atoms with Crippen molar-refractivity contribution in [2.24, 2.45) is 0 Å². The van der Waals surface area contributed by atoms with E-state index in [1.807, 2.05) is 0 Å². The Balaban J connectivity index is 2.02. The first-order chi connectivity index (χ1) is 6.87. The average molecular weight is 215 g/mol. The summed E-state index contributed by atoms with van der Waals surface area (Å²) in [5.74, 6) is 0. The molecule has 0 atom stereocenters. The van der Waals surface area contributed by atoms with Gasteiger partial charge in [-0.2, -0.15) is 0 Å². The van der Waals surface area contributed by atoms with E-state index >= 15 is 0 Å². The fraction of sp³-hybridized carbons (Fsp3) is 0.818. The molecule has 1 N–H and O–H groups in total. The van der Waals surface area contributed by atoms with Gasteiger partial charge >= 0.3 is 0 Å². The molecule has 1 aliphatic heterocycles. The van der Waals surface area contributed by atoms with Crippen molar-refractivity contribution >= 4 is 11.6 Å². The van der Waals surface area contributed by atoms with Gasteiger partial charge in [-0.05, 0) is 12.8 Å². The second kappa shape index (κ2) is 4.65. The standard InChI is InChI=1S/C11H19ClN2/c12-6-3-8-14-9-7-13-10-11(14)4-1-2-5-11/h3,6,13H,1-2,4-5,7-10H2/b6-3+. The molecular weight excluding hydrogens is 196 g/mol. The summed E-state index contributed by atoms with van der Waals surface area (Å²) in [6.45, 7) is 4.48. The molecule has 2 nitrogen and oxygen atoms in total. The van der Waals surface area contributed by atoms with Gasteiger partial charge in [0.05, 0.1) is 0 Å². The highest BCUT2D eigenvalue weighted by molar-refractivity contribution is 6.25. The molecule has 1 heterocycles. The minimum absolute atomic E-state index is 0.453. The summed E-state index contributed by atoms with van der Waals surface area (Å²) in [6.07, 6.45) is 7.56. The van der Waals surface area contributed by atoms with Crippen LogP contribution in [0.5, 0.6) is 0 Å². The molecule has 0 radical (unpaired) electrons. The van der Waals surface area contributed by atoms with Crippen LogP contribution in [-0.2, 0) is 0 Å². The minimum atomic E-state index is 0.453. The zero-order chi connectivity index (χ0) is 9.86. The lowest BCUT2D eigenvalue weighted by Gasteiger charge is -2.45. The lowest BCUT2D eigenvalue weighted by molar-refractivity contribution is 0.0775. The van der Waals surface area contributed by atoms with Crippen molar-refractivity contribution in [1.82, 2.24) is 10.2 Å². The Morgan fingerprint density at radius 3 is 2.86 bits per heavy atom. The first-order valence-electron chi connectivity index (χ1n) is 5.58. The molecule has 2 rings (SSSR count). The molecule has 0 aromatic rings. The van der Waals surface area contributed by atoms with Crippen LogP contribution in [0.15, 0.2) is 11.6 Å². The van der Waals surface area contributed by atoms with Crippen LogP contribution in [0.25, 0.3) is 0 Å². The Kier molecular flexibility index (Phi) is 3.47. The maximum Gasteiger partial charge on any atom is 0.0337 e. The monoisotopic (exact) mass is 214 g/mol. The lowest BCUT2D eigenvalue weighted by atomic mass is 9.93. The molecule has 2 aliphatic rings. The highest BCUT2D eigenvalue weighted by atomic mass is 35.5. The second-order valence-corrected chi connectivity index (χ2v) is 4.67. The third-order valence-corrected chi connectivity index (χ3v) is 3.81. The fourth-order valence-electron chi connectivity index (χ4n) is 2.86. The van der Waals surface area contributed by atoms with Crippen LogP contribution in [0.3, 0.4) is 0 Å². The quantitative estimate of drug-likeness (QED) is 0.756. The number of piperazine rings is 1. The van der Waals surface area contributed by atoms with E-state index in [0.29, 0.717) is 5.54 Å². The minimum Gasteiger partial charge on any atom is -0.314 e. The van der Waals surface area contributed by atoms with E-state index in [2.05, 4.69) is 16.3 Å². The normalized spacial score (nSPS) is 27.8. The predicted molar refractivity (Wildman–Crippen MR) is 60.6 cm³/mol. The van der Waals surface area contributed by atoms with Crippen molar-refractivity contribution < 1.29 is 0 Å². The molecule has 1 saturated heterocycles. The molecule has 80 valence electrons. The molecule has 1 spiro atoms. The van der Waals surface area contributed by atoms with Crippen molar-refractivity contribution in [2.45, 2.75) is 31.2 Å². The first kappa shape index (κ1) is 10.5. The van der Waals surface area contributed by atoms with Crippen LogP contribution in [0, 0.1) is 0 Å². The van der Waals surface area contributed by atoms with Crippen LogP contribution in [0.1, 0.15) is 25.7 Å². The van der Waals surface area contributed by atoms with Crippen LogP contribution in [-0.4, -0.2) is 36.6 Å². The molecule has 0 bridgehead atoms. The molecule has 1 saturated carbocycles. The molecule has 1 aliphatic carbocycles. The third-order valence-electron chi connectivity index (χ3n) is 3.63. The van der Waals surface area contributed by atoms with Crippen molar-refractivity contribution in [3.05, 3.63) is 11.6 Å². The summed E-state index contributed by atoms with van der Waals surface area (Å²) in [6, 6.07) is 0. The van der Waals surface area contributed by atoms with E-state index < -0.39 is 0 Å². The van der Waals surface area contributed by atoms with Crippen LogP contribution >= 0.6 is 11.6 Å². The average Bonchev–Trinajstić information content (AvgIpc) is 2.66. The Bertz CT molecular complexity index is 209. The number of rotatable bonds is 2. The van der Waals surface area contributed by atoms with Gasteiger partial charge in [-0.15, -0.1) is 0 Å². The summed E-state index contributed by atoms with van der Waals surface area (Å²) in [5, 5.41) is 3.53. The Morgan fingerprint density at radius 2 is 2.14 bits per heavy atom. The van der Waals surface area contributed by atoms with Gasteiger partial charge in [0, 0.05) is 37.3 Å². The zero-order valence-electron chi connectivity index (χ0n) is 8.64. The van der Waals surface area contributed by atoms with Crippen molar-refractivity contribution in [3.8, 4) is 0 Å².